The normalized spacial score (nSPS) is 17.4. The molecule has 0 radical (unpaired) electrons. The molecule has 0 bridgehead atoms. The van der Waals surface area contributed by atoms with Gasteiger partial charge in [-0.25, -0.2) is 0 Å². The first-order valence-electron chi connectivity index (χ1n) is 18.4. The molecule has 6 nitrogen and oxygen atoms in total. The second kappa shape index (κ2) is 9.90. The molecule has 0 saturated carbocycles. The van der Waals surface area contributed by atoms with Crippen molar-refractivity contribution in [1.82, 2.24) is 0 Å². The van der Waals surface area contributed by atoms with Crippen LogP contribution in [0.4, 0.5) is 34.1 Å². The molecule has 14 rings (SSSR count). The van der Waals surface area contributed by atoms with Crippen LogP contribution in [-0.2, 0) is 0 Å². The van der Waals surface area contributed by atoms with Crippen LogP contribution < -0.4 is 55.1 Å². The molecule has 0 aromatic heterocycles. The van der Waals surface area contributed by atoms with Gasteiger partial charge in [-0.05, 0) is 0 Å². The van der Waals surface area contributed by atoms with Crippen molar-refractivity contribution in [2.75, 3.05) is 9.80 Å². The number of fused-ring (bicyclic) bond motifs is 3. The van der Waals surface area contributed by atoms with Crippen LogP contribution in [-0.4, -0.2) is 28.7 Å². The number of para-hydroxylation sites is 2. The molecular formula is C46H26Ge2N2O4. The van der Waals surface area contributed by atoms with E-state index in [1.807, 2.05) is 0 Å². The molecule has 2 unspecified atom stereocenters. The van der Waals surface area contributed by atoms with Gasteiger partial charge >= 0.3 is 320 Å². The topological polar surface area (TPSA) is 43.4 Å². The Hall–Kier alpha value is -6.09. The van der Waals surface area contributed by atoms with E-state index < -0.39 is 28.7 Å². The van der Waals surface area contributed by atoms with Crippen LogP contribution in [0.25, 0.3) is 10.8 Å². The van der Waals surface area contributed by atoms with E-state index in [4.69, 9.17) is 18.9 Å². The summed E-state index contributed by atoms with van der Waals surface area (Å²) in [5, 5.41) is 2.17. The number of rotatable bonds is 2. The zero-order valence-corrected chi connectivity index (χ0v) is 33.4. The van der Waals surface area contributed by atoms with E-state index >= 15 is 0 Å². The first-order valence-corrected chi connectivity index (χ1v) is 25.7. The molecule has 8 aromatic rings. The van der Waals surface area contributed by atoms with Gasteiger partial charge in [-0.2, -0.15) is 0 Å². The molecule has 6 aliphatic heterocycles. The van der Waals surface area contributed by atoms with Gasteiger partial charge < -0.3 is 0 Å². The van der Waals surface area contributed by atoms with E-state index in [1.165, 1.54) is 49.1 Å². The number of benzene rings is 8. The fourth-order valence-corrected chi connectivity index (χ4v) is 25.6. The van der Waals surface area contributed by atoms with E-state index in [-0.39, 0.29) is 0 Å². The first kappa shape index (κ1) is 28.4. The van der Waals surface area contributed by atoms with Crippen LogP contribution in [0.5, 0.6) is 46.0 Å². The summed E-state index contributed by atoms with van der Waals surface area (Å²) >= 11 is -5.61. The molecule has 0 saturated heterocycles. The SMILES string of the molecule is c1ccc(N2c3cccc4[c]3[GeH]3[c]5c(cccc5Oc5[c]3c2cc2cc3[c]6c(c52)Oc2cccc5[c]2[GeH]6[c]2c(cccc2N3c2ccccc2)O5)O4)cc1. The molecule has 8 aromatic carbocycles. The zero-order chi connectivity index (χ0) is 34.8. The average molecular weight is 816 g/mol. The van der Waals surface area contributed by atoms with Gasteiger partial charge in [0.15, 0.2) is 0 Å². The molecule has 2 atom stereocenters. The van der Waals surface area contributed by atoms with Gasteiger partial charge in [0.2, 0.25) is 0 Å². The van der Waals surface area contributed by atoms with Gasteiger partial charge in [0.25, 0.3) is 0 Å². The quantitative estimate of drug-likeness (QED) is 0.171. The third kappa shape index (κ3) is 3.36. The summed E-state index contributed by atoms with van der Waals surface area (Å²) in [6.45, 7) is 0. The predicted octanol–water partition coefficient (Wildman–Crippen LogP) is 7.33. The van der Waals surface area contributed by atoms with Crippen LogP contribution in [0.2, 0.25) is 0 Å². The van der Waals surface area contributed by atoms with Crippen molar-refractivity contribution in [3.05, 3.63) is 146 Å². The molecule has 0 fully saturated rings. The second-order valence-corrected chi connectivity index (χ2v) is 25.6. The van der Waals surface area contributed by atoms with Gasteiger partial charge in [-0.1, -0.05) is 0 Å². The van der Waals surface area contributed by atoms with Crippen LogP contribution >= 0.6 is 0 Å². The van der Waals surface area contributed by atoms with Gasteiger partial charge in [-0.15, -0.1) is 0 Å². The molecule has 252 valence electrons. The van der Waals surface area contributed by atoms with Crippen LogP contribution in [0.1, 0.15) is 0 Å². The third-order valence-corrected chi connectivity index (χ3v) is 26.5. The van der Waals surface area contributed by atoms with Crippen molar-refractivity contribution >= 4 is 100.0 Å². The monoisotopic (exact) mass is 818 g/mol. The van der Waals surface area contributed by atoms with Crippen LogP contribution in [0.3, 0.4) is 0 Å². The number of nitrogens with zero attached hydrogens (tertiary/aromatic N) is 2. The summed E-state index contributed by atoms with van der Waals surface area (Å²) in [4.78, 5) is 4.87. The molecule has 0 amide bonds. The van der Waals surface area contributed by atoms with Crippen molar-refractivity contribution in [3.8, 4) is 46.0 Å². The summed E-state index contributed by atoms with van der Waals surface area (Å²) in [5.41, 5.74) is 6.99. The number of ether oxygens (including phenoxy) is 4. The molecule has 8 heteroatoms. The molecule has 6 heterocycles. The Bertz CT molecular complexity index is 2840. The van der Waals surface area contributed by atoms with Crippen molar-refractivity contribution in [2.24, 2.45) is 0 Å². The van der Waals surface area contributed by atoms with Crippen LogP contribution in [0, 0.1) is 0 Å². The molecule has 6 aliphatic rings. The fraction of sp³-hybridized carbons (Fsp3) is 0. The fourth-order valence-electron chi connectivity index (χ4n) is 10.1. The average Bonchev–Trinajstić information content (AvgIpc) is 3.21. The second-order valence-electron chi connectivity index (χ2n) is 14.7. The summed E-state index contributed by atoms with van der Waals surface area (Å²) in [6.07, 6.45) is 0. The maximum atomic E-state index is 7.29. The molecule has 54 heavy (non-hydrogen) atoms. The van der Waals surface area contributed by atoms with E-state index in [0.717, 1.165) is 68.1 Å². The van der Waals surface area contributed by atoms with Crippen molar-refractivity contribution < 1.29 is 18.9 Å². The van der Waals surface area contributed by atoms with Crippen LogP contribution in [0.15, 0.2) is 146 Å². The predicted molar refractivity (Wildman–Crippen MR) is 219 cm³/mol. The molecule has 0 N–H and O–H groups in total. The van der Waals surface area contributed by atoms with Gasteiger partial charge in [0.1, 0.15) is 0 Å². The Morgan fingerprint density at radius 1 is 0.333 bits per heavy atom. The van der Waals surface area contributed by atoms with E-state index in [2.05, 4.69) is 155 Å². The summed E-state index contributed by atoms with van der Waals surface area (Å²) in [7, 11) is 0. The maximum absolute atomic E-state index is 7.29. The van der Waals surface area contributed by atoms with Gasteiger partial charge in [-0.3, -0.25) is 0 Å². The van der Waals surface area contributed by atoms with E-state index in [0.29, 0.717) is 0 Å². The third-order valence-electron chi connectivity index (χ3n) is 12.1. The van der Waals surface area contributed by atoms with Gasteiger partial charge in [0.05, 0.1) is 0 Å². The first-order chi connectivity index (χ1) is 26.8. The number of anilines is 6. The Morgan fingerprint density at radius 3 is 1.17 bits per heavy atom. The molecule has 0 aliphatic carbocycles. The molecule has 0 spiro atoms. The Kier molecular flexibility index (Phi) is 5.21. The summed E-state index contributed by atoms with van der Waals surface area (Å²) in [6, 6.07) is 52.0. The Morgan fingerprint density at radius 2 is 0.722 bits per heavy atom. The van der Waals surface area contributed by atoms with Crippen molar-refractivity contribution in [3.63, 3.8) is 0 Å². The van der Waals surface area contributed by atoms with E-state index in [9.17, 15) is 0 Å². The number of hydrogen-bond donors (Lipinski definition) is 0. The zero-order valence-electron chi connectivity index (χ0n) is 28.5. The van der Waals surface area contributed by atoms with E-state index in [1.54, 1.807) is 0 Å². The molecular weight excluding hydrogens is 790 g/mol. The number of hydrogen-bond acceptors (Lipinski definition) is 6. The Balaban J connectivity index is 1.16. The standard InChI is InChI=1S/C46H26Ge2N2O4/c1-3-11-26(12-4-1)49-28-15-7-17-32-39(28)47-41-30(49)23-25-24-31-42-46(38(25)45(41)53-36-21-9-19-34(51-32)43(36)47)54-37-22-10-20-35-44(37)48(42)40-29(16-8-18-33(40)52-35)50(31)27-13-5-2-6-14-27/h1-24,47-48H. The van der Waals surface area contributed by atoms with Gasteiger partial charge in [0, 0.05) is 0 Å². The minimum absolute atomic E-state index is 0.909. The van der Waals surface area contributed by atoms with Crippen molar-refractivity contribution in [2.45, 2.75) is 0 Å². The summed E-state index contributed by atoms with van der Waals surface area (Å²) in [5.74, 6) is 7.48. The minimum atomic E-state index is -2.81. The Labute approximate surface area is 318 Å². The summed E-state index contributed by atoms with van der Waals surface area (Å²) < 4.78 is 35.9. The van der Waals surface area contributed by atoms with Crippen molar-refractivity contribution in [1.29, 1.82) is 0 Å².